The number of hydrogen-bond acceptors (Lipinski definition) is 12. The number of thiophene rings is 3. The molecule has 31 aromatic rings. The molecule has 144 heavy (non-hydrogen) atoms. The highest BCUT2D eigenvalue weighted by molar-refractivity contribution is 7.28. The normalized spacial score (nSPS) is 12.4. The molecule has 0 radical (unpaired) electrons. The Morgan fingerprint density at radius 2 is 0.458 bits per heavy atom. The standard InChI is InChI=1S/C47H28N4S.2C41H24N4S/c1-2-11-29(12-3-1)30-20-22-31(23-21-30)43-44-38(17-10-28-48-44)49-47(50-43)32-24-26-33(27-25-32)51-39-18-8-6-15-36(39)41-34-13-4-5-14-35(34)46-42(45(41)51)37-16-7-9-19-40(37)52-46;2*1-2-11-25(12-3-1)37-38-32(17-10-24-42-38)43-41(44-37)26-20-22-27(23-21-26)45-33-18-8-6-15-30(33)35-28-13-4-5-14-29(28)40-36(39(35)45)31-16-7-9-19-34(31)46-40/h1-28H;2*1-24H/i;1D,2D,3D,11D,12D;. The summed E-state index contributed by atoms with van der Waals surface area (Å²) >= 11 is 5.60. The number of nitrogens with zero attached hydrogens (tertiary/aromatic N) is 12. The van der Waals surface area contributed by atoms with Crippen LogP contribution < -0.4 is 0 Å². The second-order valence-electron chi connectivity index (χ2n) is 36.0. The molecule has 0 saturated carbocycles. The molecular weight excluding hydrogens is 1810 g/mol. The summed E-state index contributed by atoms with van der Waals surface area (Å²) < 4.78 is 57.0. The van der Waals surface area contributed by atoms with Gasteiger partial charge in [-0.2, -0.15) is 0 Å². The molecule has 0 N–H and O–H groups in total. The third-order valence-corrected chi connectivity index (χ3v) is 31.6. The molecular formula is C129H76N12S3. The first-order valence-corrected chi connectivity index (χ1v) is 50.2. The first-order valence-electron chi connectivity index (χ1n) is 50.3. The van der Waals surface area contributed by atoms with Crippen LogP contribution in [-0.2, 0) is 0 Å². The van der Waals surface area contributed by atoms with Crippen molar-refractivity contribution in [3.8, 4) is 96.1 Å². The topological polar surface area (TPSA) is 131 Å². The van der Waals surface area contributed by atoms with E-state index >= 15 is 0 Å². The van der Waals surface area contributed by atoms with E-state index in [-0.39, 0.29) is 23.3 Å². The minimum atomic E-state index is -0.457. The van der Waals surface area contributed by atoms with E-state index in [0.717, 1.165) is 94.9 Å². The van der Waals surface area contributed by atoms with E-state index in [1.807, 2.05) is 101 Å². The third kappa shape index (κ3) is 13.3. The minimum absolute atomic E-state index is 0.00511. The number of pyridine rings is 3. The van der Waals surface area contributed by atoms with Crippen molar-refractivity contribution < 1.29 is 6.85 Å². The van der Waals surface area contributed by atoms with Gasteiger partial charge in [-0.25, -0.2) is 29.9 Å². The van der Waals surface area contributed by atoms with Gasteiger partial charge in [0.05, 0.1) is 56.5 Å². The highest BCUT2D eigenvalue weighted by atomic mass is 32.1. The molecule has 0 aliphatic carbocycles. The van der Waals surface area contributed by atoms with Gasteiger partial charge in [0.15, 0.2) is 17.5 Å². The van der Waals surface area contributed by atoms with Crippen LogP contribution in [0.5, 0.6) is 0 Å². The lowest BCUT2D eigenvalue weighted by molar-refractivity contribution is 1.18. The predicted molar refractivity (Wildman–Crippen MR) is 604 cm³/mol. The molecule has 0 aliphatic heterocycles. The zero-order chi connectivity index (χ0) is 98.9. The second-order valence-corrected chi connectivity index (χ2v) is 39.2. The summed E-state index contributed by atoms with van der Waals surface area (Å²) in [4.78, 5) is 43.6. The maximum absolute atomic E-state index is 8.65. The second kappa shape index (κ2) is 33.7. The molecule has 670 valence electrons. The molecule has 0 fully saturated rings. The van der Waals surface area contributed by atoms with Crippen LogP contribution in [-0.4, -0.2) is 58.6 Å². The number of benzene rings is 19. The maximum Gasteiger partial charge on any atom is 0.160 e. The average molecular weight is 1900 g/mol. The summed E-state index contributed by atoms with van der Waals surface area (Å²) in [6.45, 7) is 0. The third-order valence-electron chi connectivity index (χ3n) is 28.0. The fourth-order valence-electron chi connectivity index (χ4n) is 21.7. The molecule has 0 aliphatic rings. The quantitative estimate of drug-likeness (QED) is 0.131. The van der Waals surface area contributed by atoms with Crippen LogP contribution in [0.25, 0.3) is 287 Å². The number of para-hydroxylation sites is 3. The Kier molecular flexibility index (Phi) is 18.1. The molecule has 31 rings (SSSR count). The molecule has 0 saturated heterocycles. The van der Waals surface area contributed by atoms with Crippen molar-refractivity contribution >= 4 is 225 Å². The van der Waals surface area contributed by atoms with Crippen LogP contribution in [0.2, 0.25) is 0 Å². The van der Waals surface area contributed by atoms with E-state index in [4.69, 9.17) is 41.7 Å². The Hall–Kier alpha value is -18.5. The van der Waals surface area contributed by atoms with E-state index < -0.39 is 18.1 Å². The Bertz CT molecular complexity index is 11000. The predicted octanol–water partition coefficient (Wildman–Crippen LogP) is 34.6. The lowest BCUT2D eigenvalue weighted by Crippen LogP contribution is -1.98. The first kappa shape index (κ1) is 77.4. The summed E-state index contributed by atoms with van der Waals surface area (Å²) in [5.41, 5.74) is 23.3. The Labute approximate surface area is 842 Å². The average Bonchev–Trinajstić information content (AvgIpc) is 1.54. The van der Waals surface area contributed by atoms with Gasteiger partial charge in [-0.3, -0.25) is 15.0 Å². The van der Waals surface area contributed by atoms with Gasteiger partial charge in [0.25, 0.3) is 0 Å². The van der Waals surface area contributed by atoms with E-state index in [1.54, 1.807) is 24.5 Å². The van der Waals surface area contributed by atoms with Gasteiger partial charge in [0.2, 0.25) is 0 Å². The van der Waals surface area contributed by atoms with Crippen LogP contribution >= 0.6 is 34.0 Å². The van der Waals surface area contributed by atoms with Crippen LogP contribution in [0, 0.1) is 0 Å². The first-order chi connectivity index (χ1) is 73.5. The van der Waals surface area contributed by atoms with Crippen molar-refractivity contribution in [2.24, 2.45) is 0 Å². The molecule has 15 heteroatoms. The lowest BCUT2D eigenvalue weighted by Gasteiger charge is -2.12. The largest absolute Gasteiger partial charge is 0.309 e. The van der Waals surface area contributed by atoms with Crippen LogP contribution in [0.1, 0.15) is 6.85 Å². The van der Waals surface area contributed by atoms with Gasteiger partial charge >= 0.3 is 0 Å². The zero-order valence-corrected chi connectivity index (χ0v) is 79.0. The van der Waals surface area contributed by atoms with E-state index in [9.17, 15) is 0 Å². The molecule has 0 bridgehead atoms. The zero-order valence-electron chi connectivity index (χ0n) is 81.6. The highest BCUT2D eigenvalue weighted by Gasteiger charge is 2.28. The Balaban J connectivity index is 0.000000105. The number of rotatable bonds is 10. The molecule has 0 unspecified atom stereocenters. The van der Waals surface area contributed by atoms with Crippen molar-refractivity contribution in [2.75, 3.05) is 0 Å². The monoisotopic (exact) mass is 1890 g/mol. The molecule has 19 aromatic carbocycles. The summed E-state index contributed by atoms with van der Waals surface area (Å²) in [5.74, 6) is 1.72. The Morgan fingerprint density at radius 3 is 0.806 bits per heavy atom. The fraction of sp³-hybridized carbons (Fsp3) is 0. The summed E-state index contributed by atoms with van der Waals surface area (Å²) in [5, 5.41) is 22.8. The van der Waals surface area contributed by atoms with Crippen molar-refractivity contribution in [2.45, 2.75) is 0 Å². The van der Waals surface area contributed by atoms with Gasteiger partial charge in [-0.15, -0.1) is 34.0 Å². The van der Waals surface area contributed by atoms with Gasteiger partial charge in [0, 0.05) is 178 Å². The fourth-order valence-corrected chi connectivity index (χ4v) is 25.5. The summed E-state index contributed by atoms with van der Waals surface area (Å²) in [6.07, 6.45) is 5.20. The van der Waals surface area contributed by atoms with Crippen molar-refractivity contribution in [3.05, 3.63) is 461 Å². The molecule has 0 amide bonds. The van der Waals surface area contributed by atoms with Gasteiger partial charge < -0.3 is 13.7 Å². The lowest BCUT2D eigenvalue weighted by atomic mass is 10.00. The van der Waals surface area contributed by atoms with Crippen LogP contribution in [0.15, 0.2) is 461 Å². The smallest absolute Gasteiger partial charge is 0.160 e. The van der Waals surface area contributed by atoms with E-state index in [0.29, 0.717) is 28.5 Å². The van der Waals surface area contributed by atoms with Crippen LogP contribution in [0.4, 0.5) is 0 Å². The Morgan fingerprint density at radius 1 is 0.194 bits per heavy atom. The molecule has 12 heterocycles. The van der Waals surface area contributed by atoms with Crippen molar-refractivity contribution in [1.29, 1.82) is 0 Å². The van der Waals surface area contributed by atoms with E-state index in [2.05, 4.69) is 363 Å². The summed E-state index contributed by atoms with van der Waals surface area (Å²) in [6, 6.07) is 143. The molecule has 0 spiro atoms. The molecule has 0 atom stereocenters. The highest BCUT2D eigenvalue weighted by Crippen LogP contribution is 2.53. The number of hydrogen-bond donors (Lipinski definition) is 0. The van der Waals surface area contributed by atoms with E-state index in [1.165, 1.54) is 153 Å². The van der Waals surface area contributed by atoms with Crippen molar-refractivity contribution in [3.63, 3.8) is 0 Å². The number of fused-ring (bicyclic) bond motifs is 33. The molecule has 12 aromatic heterocycles. The van der Waals surface area contributed by atoms with Crippen LogP contribution in [0.3, 0.4) is 0 Å². The summed E-state index contributed by atoms with van der Waals surface area (Å²) in [7, 11) is 0. The van der Waals surface area contributed by atoms with Gasteiger partial charge in [-0.1, -0.05) is 297 Å². The maximum atomic E-state index is 8.65. The van der Waals surface area contributed by atoms with Gasteiger partial charge in [0.1, 0.15) is 33.6 Å². The minimum Gasteiger partial charge on any atom is -0.309 e. The number of aromatic nitrogens is 12. The van der Waals surface area contributed by atoms with Crippen molar-refractivity contribution in [1.82, 2.24) is 58.6 Å². The molecule has 12 nitrogen and oxygen atoms in total. The SMILES string of the molecule is [2H]c1c([2H])c([2H])c(-c2nc(-c3ccc(-n4c5ccccc5c5c6ccccc6c6sc7ccccc7c6c54)cc3)nc3cccnc23)c([2H])c1[2H].c1ccc(-c2ccc(-c3nc(-c4ccc(-n5c6ccccc6c6c7ccccc7c7sc8ccccc8c7c65)cc4)nc4cccnc34)cc2)cc1.c1ccc(-c2nc(-c3ccc(-n4c5ccccc5c5c6ccccc6c6sc7ccccc7c6c54)cc3)nc3cccnc23)cc1. The van der Waals surface area contributed by atoms with Gasteiger partial charge in [-0.05, 0) is 173 Å².